The predicted molar refractivity (Wildman–Crippen MR) is 94.0 cm³/mol. The molecule has 0 amide bonds. The summed E-state index contributed by atoms with van der Waals surface area (Å²) in [5.74, 6) is 0. The molecule has 2 aromatic heterocycles. The molecule has 1 aliphatic rings. The van der Waals surface area contributed by atoms with Crippen molar-refractivity contribution in [3.63, 3.8) is 0 Å². The fourth-order valence-electron chi connectivity index (χ4n) is 3.54. The van der Waals surface area contributed by atoms with Gasteiger partial charge in [-0.1, -0.05) is 26.2 Å². The highest BCUT2D eigenvalue weighted by Gasteiger charge is 2.26. The van der Waals surface area contributed by atoms with Crippen LogP contribution in [0.1, 0.15) is 49.4 Å². The molecule has 2 aromatic rings. The summed E-state index contributed by atoms with van der Waals surface area (Å²) in [5.41, 5.74) is 2.58. The molecule has 0 atom stereocenters. The van der Waals surface area contributed by atoms with Gasteiger partial charge in [-0.15, -0.1) is 0 Å². The Morgan fingerprint density at radius 3 is 2.83 bits per heavy atom. The van der Waals surface area contributed by atoms with E-state index in [9.17, 15) is 4.79 Å². The standard InChI is InChI=1S/C18H26N4O/c1-3-21(2)13-22(15-7-5-4-6-8-15)17-14(12-23)11-20-18-16(17)9-10-19-18/h9-12,15H,3-8,13H2,1-2H3,(H,19,20). The molecule has 0 aliphatic heterocycles. The topological polar surface area (TPSA) is 52.2 Å². The Morgan fingerprint density at radius 1 is 1.35 bits per heavy atom. The number of aromatic nitrogens is 2. The number of aromatic amines is 1. The van der Waals surface area contributed by atoms with Gasteiger partial charge in [0.2, 0.25) is 0 Å². The molecule has 23 heavy (non-hydrogen) atoms. The van der Waals surface area contributed by atoms with Gasteiger partial charge in [0, 0.05) is 23.8 Å². The molecule has 0 aromatic carbocycles. The first-order chi connectivity index (χ1) is 11.2. The van der Waals surface area contributed by atoms with Gasteiger partial charge in [0.15, 0.2) is 6.29 Å². The second kappa shape index (κ2) is 7.13. The van der Waals surface area contributed by atoms with Crippen molar-refractivity contribution < 1.29 is 4.79 Å². The largest absolute Gasteiger partial charge is 0.354 e. The van der Waals surface area contributed by atoms with Gasteiger partial charge in [-0.05, 0) is 32.5 Å². The molecule has 0 unspecified atom stereocenters. The van der Waals surface area contributed by atoms with E-state index < -0.39 is 0 Å². The maximum Gasteiger partial charge on any atom is 0.153 e. The van der Waals surface area contributed by atoms with Gasteiger partial charge in [-0.3, -0.25) is 9.69 Å². The van der Waals surface area contributed by atoms with Crippen LogP contribution in [0.25, 0.3) is 11.0 Å². The van der Waals surface area contributed by atoms with Gasteiger partial charge in [0.05, 0.1) is 17.9 Å². The number of H-pyrrole nitrogens is 1. The van der Waals surface area contributed by atoms with Crippen molar-refractivity contribution in [1.29, 1.82) is 0 Å². The Morgan fingerprint density at radius 2 is 2.13 bits per heavy atom. The number of nitrogens with one attached hydrogen (secondary N) is 1. The van der Waals surface area contributed by atoms with Crippen molar-refractivity contribution in [2.75, 3.05) is 25.2 Å². The normalized spacial score (nSPS) is 16.1. The number of hydrogen-bond donors (Lipinski definition) is 1. The van der Waals surface area contributed by atoms with E-state index in [-0.39, 0.29) is 0 Å². The maximum absolute atomic E-state index is 11.6. The molecule has 0 bridgehead atoms. The van der Waals surface area contributed by atoms with Crippen molar-refractivity contribution in [1.82, 2.24) is 14.9 Å². The summed E-state index contributed by atoms with van der Waals surface area (Å²) in [7, 11) is 2.13. The van der Waals surface area contributed by atoms with Crippen molar-refractivity contribution in [3.8, 4) is 0 Å². The fourth-order valence-corrected chi connectivity index (χ4v) is 3.54. The zero-order chi connectivity index (χ0) is 16.2. The minimum absolute atomic E-state index is 0.497. The number of anilines is 1. The van der Waals surface area contributed by atoms with Crippen LogP contribution in [0.15, 0.2) is 18.5 Å². The first-order valence-corrected chi connectivity index (χ1v) is 8.61. The zero-order valence-corrected chi connectivity index (χ0v) is 14.1. The molecule has 2 heterocycles. The summed E-state index contributed by atoms with van der Waals surface area (Å²) in [4.78, 5) is 23.9. The Bertz CT molecular complexity index is 660. The van der Waals surface area contributed by atoms with E-state index in [1.807, 2.05) is 12.3 Å². The van der Waals surface area contributed by atoms with Gasteiger partial charge < -0.3 is 9.88 Å². The Labute approximate surface area is 137 Å². The van der Waals surface area contributed by atoms with Crippen molar-refractivity contribution in [2.24, 2.45) is 0 Å². The number of nitrogens with zero attached hydrogens (tertiary/aromatic N) is 3. The molecule has 1 N–H and O–H groups in total. The van der Waals surface area contributed by atoms with Crippen molar-refractivity contribution in [3.05, 3.63) is 24.0 Å². The first-order valence-electron chi connectivity index (χ1n) is 8.61. The number of carbonyl (C=O) groups excluding carboxylic acids is 1. The van der Waals surface area contributed by atoms with Crippen LogP contribution in [-0.4, -0.2) is 47.5 Å². The van der Waals surface area contributed by atoms with E-state index in [4.69, 9.17) is 0 Å². The van der Waals surface area contributed by atoms with E-state index in [0.29, 0.717) is 11.6 Å². The molecule has 3 rings (SSSR count). The Hall–Kier alpha value is -1.88. The van der Waals surface area contributed by atoms with Gasteiger partial charge in [0.1, 0.15) is 5.65 Å². The maximum atomic E-state index is 11.6. The minimum Gasteiger partial charge on any atom is -0.354 e. The molecule has 5 nitrogen and oxygen atoms in total. The van der Waals surface area contributed by atoms with Gasteiger partial charge in [-0.25, -0.2) is 4.98 Å². The molecule has 1 aliphatic carbocycles. The predicted octanol–water partition coefficient (Wildman–Crippen LogP) is 3.42. The molecular weight excluding hydrogens is 288 g/mol. The third kappa shape index (κ3) is 3.24. The summed E-state index contributed by atoms with van der Waals surface area (Å²) in [6.07, 6.45) is 10.8. The van der Waals surface area contributed by atoms with E-state index in [0.717, 1.165) is 36.2 Å². The molecule has 1 fully saturated rings. The minimum atomic E-state index is 0.497. The average Bonchev–Trinajstić information content (AvgIpc) is 3.08. The van der Waals surface area contributed by atoms with Crippen LogP contribution in [0.2, 0.25) is 0 Å². The summed E-state index contributed by atoms with van der Waals surface area (Å²) < 4.78 is 0. The number of carbonyl (C=O) groups is 1. The summed E-state index contributed by atoms with van der Waals surface area (Å²) in [5, 5.41) is 1.05. The van der Waals surface area contributed by atoms with E-state index in [1.165, 1.54) is 32.1 Å². The number of hydrogen-bond acceptors (Lipinski definition) is 4. The lowest BCUT2D eigenvalue weighted by Crippen LogP contribution is -2.44. The van der Waals surface area contributed by atoms with Crippen LogP contribution < -0.4 is 4.90 Å². The number of pyridine rings is 1. The molecule has 0 saturated heterocycles. The van der Waals surface area contributed by atoms with Crippen LogP contribution in [-0.2, 0) is 0 Å². The molecule has 0 radical (unpaired) electrons. The summed E-state index contributed by atoms with van der Waals surface area (Å²) in [6.45, 7) is 3.99. The SMILES string of the molecule is CCN(C)CN(c1c(C=O)cnc2[nH]ccc12)C1CCCCC1. The van der Waals surface area contributed by atoms with Crippen molar-refractivity contribution >= 4 is 23.0 Å². The fraction of sp³-hybridized carbons (Fsp3) is 0.556. The first kappa shape index (κ1) is 16.0. The number of rotatable bonds is 6. The monoisotopic (exact) mass is 314 g/mol. The third-order valence-corrected chi connectivity index (χ3v) is 4.95. The van der Waals surface area contributed by atoms with Crippen LogP contribution in [0.3, 0.4) is 0 Å². The third-order valence-electron chi connectivity index (χ3n) is 4.95. The highest BCUT2D eigenvalue weighted by atomic mass is 16.1. The van der Waals surface area contributed by atoms with Gasteiger partial charge >= 0.3 is 0 Å². The smallest absolute Gasteiger partial charge is 0.153 e. The lowest BCUT2D eigenvalue weighted by Gasteiger charge is -2.39. The van der Waals surface area contributed by atoms with E-state index in [1.54, 1.807) is 6.20 Å². The zero-order valence-electron chi connectivity index (χ0n) is 14.1. The van der Waals surface area contributed by atoms with Crippen LogP contribution in [0.5, 0.6) is 0 Å². The highest BCUT2D eigenvalue weighted by Crippen LogP contribution is 2.34. The van der Waals surface area contributed by atoms with E-state index in [2.05, 4.69) is 33.7 Å². The summed E-state index contributed by atoms with van der Waals surface area (Å²) >= 11 is 0. The highest BCUT2D eigenvalue weighted by molar-refractivity contribution is 5.99. The van der Waals surface area contributed by atoms with Crippen LogP contribution >= 0.6 is 0 Å². The molecule has 1 saturated carbocycles. The Balaban J connectivity index is 2.07. The summed E-state index contributed by atoms with van der Waals surface area (Å²) in [6, 6.07) is 2.53. The lowest BCUT2D eigenvalue weighted by atomic mass is 9.93. The van der Waals surface area contributed by atoms with Gasteiger partial charge in [-0.2, -0.15) is 0 Å². The number of aldehydes is 1. The van der Waals surface area contributed by atoms with Crippen LogP contribution in [0, 0.1) is 0 Å². The molecule has 0 spiro atoms. The second-order valence-corrected chi connectivity index (χ2v) is 6.50. The Kier molecular flexibility index (Phi) is 4.96. The quantitative estimate of drug-likeness (QED) is 0.655. The number of fused-ring (bicyclic) bond motifs is 1. The van der Waals surface area contributed by atoms with E-state index >= 15 is 0 Å². The molecule has 124 valence electrons. The van der Waals surface area contributed by atoms with Crippen LogP contribution in [0.4, 0.5) is 5.69 Å². The average molecular weight is 314 g/mol. The molecular formula is C18H26N4O. The molecule has 5 heteroatoms. The lowest BCUT2D eigenvalue weighted by molar-refractivity contribution is 0.112. The van der Waals surface area contributed by atoms with Crippen molar-refractivity contribution in [2.45, 2.75) is 45.1 Å². The second-order valence-electron chi connectivity index (χ2n) is 6.50. The van der Waals surface area contributed by atoms with Gasteiger partial charge in [0.25, 0.3) is 0 Å².